The molecule has 0 aromatic carbocycles. The minimum Gasteiger partial charge on any atom is -0.388 e. The minimum absolute atomic E-state index is 0.0657. The van der Waals surface area contributed by atoms with Crippen molar-refractivity contribution in [2.45, 2.75) is 19.3 Å². The summed E-state index contributed by atoms with van der Waals surface area (Å²) >= 11 is 0. The van der Waals surface area contributed by atoms with Crippen LogP contribution in [0.25, 0.3) is 0 Å². The lowest BCUT2D eigenvalue weighted by Gasteiger charge is -2.15. The molecular weight excluding hydrogens is 282 g/mol. The van der Waals surface area contributed by atoms with Crippen molar-refractivity contribution in [1.29, 1.82) is 5.26 Å². The maximum absolute atomic E-state index is 11.8. The fourth-order valence-electron chi connectivity index (χ4n) is 2.12. The van der Waals surface area contributed by atoms with E-state index >= 15 is 0 Å². The van der Waals surface area contributed by atoms with Gasteiger partial charge in [-0.25, -0.2) is 0 Å². The van der Waals surface area contributed by atoms with Crippen LogP contribution in [0.3, 0.4) is 0 Å². The fourth-order valence-corrected chi connectivity index (χ4v) is 2.12. The summed E-state index contributed by atoms with van der Waals surface area (Å²) < 4.78 is 0. The van der Waals surface area contributed by atoms with Gasteiger partial charge in [-0.1, -0.05) is 0 Å². The van der Waals surface area contributed by atoms with Gasteiger partial charge in [0.2, 0.25) is 5.91 Å². The van der Waals surface area contributed by atoms with Crippen LogP contribution >= 0.6 is 0 Å². The second kappa shape index (κ2) is 9.79. The third-order valence-corrected chi connectivity index (χ3v) is 3.38. The lowest BCUT2D eigenvalue weighted by atomic mass is 10.3. The molecule has 1 fully saturated rings. The molecular formula is C15H25N5O2. The summed E-state index contributed by atoms with van der Waals surface area (Å²) in [4.78, 5) is 27.1. The van der Waals surface area contributed by atoms with Crippen LogP contribution in [0, 0.1) is 11.3 Å². The Labute approximate surface area is 131 Å². The Morgan fingerprint density at radius 1 is 1.45 bits per heavy atom. The molecule has 2 N–H and O–H groups in total. The summed E-state index contributed by atoms with van der Waals surface area (Å²) in [5.74, 6) is -0.193. The topological polar surface area (TPSA) is 88.5 Å². The molecule has 0 bridgehead atoms. The van der Waals surface area contributed by atoms with E-state index in [-0.39, 0.29) is 17.4 Å². The zero-order valence-electron chi connectivity index (χ0n) is 13.4. The molecule has 122 valence electrons. The van der Waals surface area contributed by atoms with E-state index in [1.807, 2.05) is 30.0 Å². The zero-order chi connectivity index (χ0) is 16.4. The van der Waals surface area contributed by atoms with Crippen LogP contribution in [0.15, 0.2) is 11.8 Å². The second-order valence-corrected chi connectivity index (χ2v) is 5.52. The lowest BCUT2D eigenvalue weighted by molar-refractivity contribution is -0.127. The van der Waals surface area contributed by atoms with E-state index in [4.69, 9.17) is 5.26 Å². The van der Waals surface area contributed by atoms with Gasteiger partial charge < -0.3 is 20.4 Å². The molecule has 1 heterocycles. The highest BCUT2D eigenvalue weighted by atomic mass is 16.2. The van der Waals surface area contributed by atoms with Gasteiger partial charge in [0.05, 0.1) is 0 Å². The van der Waals surface area contributed by atoms with Crippen molar-refractivity contribution < 1.29 is 9.59 Å². The normalized spacial score (nSPS) is 15.1. The molecule has 2 amide bonds. The van der Waals surface area contributed by atoms with Crippen LogP contribution in [-0.2, 0) is 9.59 Å². The molecule has 0 aromatic rings. The Bertz CT molecular complexity index is 453. The first-order valence-electron chi connectivity index (χ1n) is 7.59. The number of rotatable bonds is 9. The summed E-state index contributed by atoms with van der Waals surface area (Å²) in [6.45, 7) is 3.42. The van der Waals surface area contributed by atoms with Crippen molar-refractivity contribution in [3.63, 3.8) is 0 Å². The summed E-state index contributed by atoms with van der Waals surface area (Å²) in [5.41, 5.74) is 0.0657. The van der Waals surface area contributed by atoms with Gasteiger partial charge in [-0.15, -0.1) is 0 Å². The van der Waals surface area contributed by atoms with E-state index in [9.17, 15) is 9.59 Å². The lowest BCUT2D eigenvalue weighted by Crippen LogP contribution is -2.31. The van der Waals surface area contributed by atoms with Crippen LogP contribution in [0.1, 0.15) is 19.3 Å². The van der Waals surface area contributed by atoms with Crippen LogP contribution in [0.4, 0.5) is 0 Å². The summed E-state index contributed by atoms with van der Waals surface area (Å²) in [7, 11) is 3.91. The second-order valence-electron chi connectivity index (χ2n) is 5.52. The number of carbonyl (C=O) groups is 2. The SMILES string of the molecule is CN(C)CCN/C=C(/C#N)C(=O)NCCCN1CCCC1=O. The molecule has 1 rings (SSSR count). The van der Waals surface area contributed by atoms with Crippen LogP contribution < -0.4 is 10.6 Å². The average Bonchev–Trinajstić information content (AvgIpc) is 2.88. The average molecular weight is 307 g/mol. The highest BCUT2D eigenvalue weighted by molar-refractivity contribution is 5.97. The quantitative estimate of drug-likeness (QED) is 0.346. The van der Waals surface area contributed by atoms with E-state index in [1.54, 1.807) is 0 Å². The zero-order valence-corrected chi connectivity index (χ0v) is 13.4. The predicted octanol–water partition coefficient (Wildman–Crippen LogP) is -0.326. The van der Waals surface area contributed by atoms with Gasteiger partial charge in [0, 0.05) is 45.3 Å². The van der Waals surface area contributed by atoms with Crippen LogP contribution in [-0.4, -0.2) is 68.4 Å². The summed E-state index contributed by atoms with van der Waals surface area (Å²) in [6.07, 6.45) is 3.70. The van der Waals surface area contributed by atoms with E-state index < -0.39 is 0 Å². The molecule has 0 radical (unpaired) electrons. The number of amides is 2. The molecule has 22 heavy (non-hydrogen) atoms. The molecule has 0 saturated carbocycles. The number of likely N-dealkylation sites (N-methyl/N-ethyl adjacent to an activating group) is 1. The fraction of sp³-hybridized carbons (Fsp3) is 0.667. The van der Waals surface area contributed by atoms with Crippen molar-refractivity contribution in [2.24, 2.45) is 0 Å². The molecule has 0 aliphatic carbocycles. The largest absolute Gasteiger partial charge is 0.388 e. The highest BCUT2D eigenvalue weighted by Gasteiger charge is 2.19. The molecule has 7 heteroatoms. The number of likely N-dealkylation sites (tertiary alicyclic amines) is 1. The minimum atomic E-state index is -0.382. The van der Waals surface area contributed by atoms with E-state index in [2.05, 4.69) is 10.6 Å². The Morgan fingerprint density at radius 2 is 2.23 bits per heavy atom. The van der Waals surface area contributed by atoms with Gasteiger partial charge in [-0.3, -0.25) is 9.59 Å². The molecule has 7 nitrogen and oxygen atoms in total. The standard InChI is InChI=1S/C15H25N5O2/c1-19(2)10-7-17-12-13(11-16)15(22)18-6-4-9-20-8-3-5-14(20)21/h12,17H,3-10H2,1-2H3,(H,18,22)/b13-12-. The van der Waals surface area contributed by atoms with Gasteiger partial charge in [-0.05, 0) is 26.9 Å². The molecule has 0 spiro atoms. The molecule has 1 saturated heterocycles. The van der Waals surface area contributed by atoms with Gasteiger partial charge in [0.25, 0.3) is 5.91 Å². The molecule has 0 aromatic heterocycles. The van der Waals surface area contributed by atoms with Crippen molar-refractivity contribution >= 4 is 11.8 Å². The number of nitrogens with zero attached hydrogens (tertiary/aromatic N) is 3. The summed E-state index contributed by atoms with van der Waals surface area (Å²) in [6, 6.07) is 1.89. The monoisotopic (exact) mass is 307 g/mol. The van der Waals surface area contributed by atoms with Gasteiger partial charge in [-0.2, -0.15) is 5.26 Å². The first kappa shape index (κ1) is 18.0. The van der Waals surface area contributed by atoms with Gasteiger partial charge in [0.15, 0.2) is 0 Å². The Kier molecular flexibility index (Phi) is 8.00. The van der Waals surface area contributed by atoms with Crippen molar-refractivity contribution in [3.8, 4) is 6.07 Å². The third-order valence-electron chi connectivity index (χ3n) is 3.38. The number of hydrogen-bond acceptors (Lipinski definition) is 5. The Morgan fingerprint density at radius 3 is 2.82 bits per heavy atom. The number of hydrogen-bond donors (Lipinski definition) is 2. The Hall–Kier alpha value is -2.07. The number of carbonyl (C=O) groups excluding carboxylic acids is 2. The molecule has 1 aliphatic rings. The van der Waals surface area contributed by atoms with E-state index in [0.717, 1.165) is 19.5 Å². The first-order chi connectivity index (χ1) is 10.5. The highest BCUT2D eigenvalue weighted by Crippen LogP contribution is 2.09. The van der Waals surface area contributed by atoms with Gasteiger partial charge in [0.1, 0.15) is 11.6 Å². The summed E-state index contributed by atoms with van der Waals surface area (Å²) in [5, 5.41) is 14.6. The van der Waals surface area contributed by atoms with Crippen LogP contribution in [0.5, 0.6) is 0 Å². The van der Waals surface area contributed by atoms with Crippen molar-refractivity contribution in [2.75, 3.05) is 46.8 Å². The van der Waals surface area contributed by atoms with E-state index in [1.165, 1.54) is 6.20 Å². The number of nitriles is 1. The maximum Gasteiger partial charge on any atom is 0.263 e. The first-order valence-corrected chi connectivity index (χ1v) is 7.59. The van der Waals surface area contributed by atoms with Crippen molar-refractivity contribution in [1.82, 2.24) is 20.4 Å². The molecule has 0 unspecified atom stereocenters. The third kappa shape index (κ3) is 6.59. The van der Waals surface area contributed by atoms with Crippen LogP contribution in [0.2, 0.25) is 0 Å². The van der Waals surface area contributed by atoms with E-state index in [0.29, 0.717) is 32.5 Å². The predicted molar refractivity (Wildman–Crippen MR) is 83.7 cm³/mol. The van der Waals surface area contributed by atoms with Crippen molar-refractivity contribution in [3.05, 3.63) is 11.8 Å². The molecule has 1 aliphatic heterocycles. The smallest absolute Gasteiger partial charge is 0.263 e. The maximum atomic E-state index is 11.8. The number of nitrogens with one attached hydrogen (secondary N) is 2. The molecule has 0 atom stereocenters. The van der Waals surface area contributed by atoms with Gasteiger partial charge >= 0.3 is 0 Å². The Balaban J connectivity index is 2.22.